The summed E-state index contributed by atoms with van der Waals surface area (Å²) in [5.41, 5.74) is 5.57. The van der Waals surface area contributed by atoms with Crippen molar-refractivity contribution in [3.63, 3.8) is 0 Å². The highest BCUT2D eigenvalue weighted by Gasteiger charge is 2.18. The molecule has 0 radical (unpaired) electrons. The normalized spacial score (nSPS) is 18.4. The molecule has 1 aliphatic rings. The number of hydrogen-bond donors (Lipinski definition) is 1. The van der Waals surface area contributed by atoms with E-state index in [2.05, 4.69) is 4.99 Å². The molecule has 0 aromatic heterocycles. The largest absolute Gasteiger partial charge is 0.387 e. The Kier molecular flexibility index (Phi) is 3.71. The van der Waals surface area contributed by atoms with Crippen molar-refractivity contribution in [3.05, 3.63) is 29.8 Å². The van der Waals surface area contributed by atoms with Gasteiger partial charge in [-0.1, -0.05) is 25.3 Å². The molecule has 0 amide bonds. The Bertz CT molecular complexity index is 403. The molecule has 0 unspecified atom stereocenters. The lowest BCUT2D eigenvalue weighted by atomic mass is 9.88. The quantitative estimate of drug-likeness (QED) is 0.621. The second-order valence-electron chi connectivity index (χ2n) is 4.44. The summed E-state index contributed by atoms with van der Waals surface area (Å²) in [6.07, 6.45) is 5.36. The number of amidine groups is 1. The van der Waals surface area contributed by atoms with Crippen LogP contribution in [0.15, 0.2) is 23.2 Å². The van der Waals surface area contributed by atoms with E-state index in [1.165, 1.54) is 24.6 Å². The molecule has 0 aliphatic heterocycles. The van der Waals surface area contributed by atoms with E-state index in [-0.39, 0.29) is 11.6 Å². The first-order chi connectivity index (χ1) is 8.18. The molecule has 92 valence electrons. The van der Waals surface area contributed by atoms with Crippen molar-refractivity contribution < 1.29 is 8.78 Å². The lowest BCUT2D eigenvalue weighted by Gasteiger charge is -2.20. The highest BCUT2D eigenvalue weighted by Crippen LogP contribution is 2.27. The topological polar surface area (TPSA) is 38.4 Å². The minimum atomic E-state index is -0.663. The predicted octanol–water partition coefficient (Wildman–Crippen LogP) is 3.53. The Morgan fingerprint density at radius 2 is 1.71 bits per heavy atom. The van der Waals surface area contributed by atoms with Crippen LogP contribution in [0, 0.1) is 17.6 Å². The molecule has 0 atom stereocenters. The Labute approximate surface area is 99.5 Å². The molecule has 4 heteroatoms. The van der Waals surface area contributed by atoms with E-state index in [4.69, 9.17) is 5.73 Å². The first-order valence-corrected chi connectivity index (χ1v) is 5.96. The lowest BCUT2D eigenvalue weighted by Crippen LogP contribution is -2.25. The van der Waals surface area contributed by atoms with Crippen molar-refractivity contribution in [2.45, 2.75) is 32.1 Å². The van der Waals surface area contributed by atoms with Crippen LogP contribution < -0.4 is 5.73 Å². The average Bonchev–Trinajstić information content (AvgIpc) is 2.35. The third-order valence-electron chi connectivity index (χ3n) is 3.20. The van der Waals surface area contributed by atoms with Gasteiger partial charge in [0.1, 0.15) is 11.5 Å². The van der Waals surface area contributed by atoms with Gasteiger partial charge >= 0.3 is 0 Å². The predicted molar refractivity (Wildman–Crippen MR) is 64.2 cm³/mol. The van der Waals surface area contributed by atoms with Crippen molar-refractivity contribution >= 4 is 11.5 Å². The summed E-state index contributed by atoms with van der Waals surface area (Å²) >= 11 is 0. The van der Waals surface area contributed by atoms with Gasteiger partial charge in [-0.25, -0.2) is 13.8 Å². The summed E-state index contributed by atoms with van der Waals surface area (Å²) in [4.78, 5) is 3.93. The Balaban J connectivity index is 2.22. The van der Waals surface area contributed by atoms with E-state index < -0.39 is 11.6 Å². The summed E-state index contributed by atoms with van der Waals surface area (Å²) in [5.74, 6) is -0.802. The molecule has 1 aromatic carbocycles. The van der Waals surface area contributed by atoms with Crippen molar-refractivity contribution in [1.29, 1.82) is 0 Å². The minimum Gasteiger partial charge on any atom is -0.387 e. The maximum absolute atomic E-state index is 13.4. The van der Waals surface area contributed by atoms with Crippen LogP contribution in [0.2, 0.25) is 0 Å². The molecular formula is C13H16F2N2. The molecule has 2 rings (SSSR count). The van der Waals surface area contributed by atoms with Gasteiger partial charge in [0.2, 0.25) is 0 Å². The van der Waals surface area contributed by atoms with Crippen molar-refractivity contribution in [3.8, 4) is 0 Å². The van der Waals surface area contributed by atoms with Crippen LogP contribution in [0.25, 0.3) is 0 Å². The van der Waals surface area contributed by atoms with Gasteiger partial charge in [0.25, 0.3) is 0 Å². The molecule has 2 N–H and O–H groups in total. The summed E-state index contributed by atoms with van der Waals surface area (Å²) in [7, 11) is 0. The molecule has 1 aliphatic carbocycles. The number of benzene rings is 1. The summed E-state index contributed by atoms with van der Waals surface area (Å²) < 4.78 is 26.8. The maximum atomic E-state index is 13.4. The van der Waals surface area contributed by atoms with Gasteiger partial charge in [-0.15, -0.1) is 0 Å². The fourth-order valence-electron chi connectivity index (χ4n) is 2.21. The van der Waals surface area contributed by atoms with E-state index in [1.807, 2.05) is 0 Å². The molecule has 0 spiro atoms. The molecule has 2 nitrogen and oxygen atoms in total. The van der Waals surface area contributed by atoms with Crippen LogP contribution >= 0.6 is 0 Å². The fourth-order valence-corrected chi connectivity index (χ4v) is 2.21. The zero-order valence-electron chi connectivity index (χ0n) is 9.63. The Hall–Kier alpha value is -1.45. The van der Waals surface area contributed by atoms with Crippen LogP contribution in [-0.4, -0.2) is 5.84 Å². The van der Waals surface area contributed by atoms with Gasteiger partial charge in [-0.3, -0.25) is 0 Å². The number of hydrogen-bond acceptors (Lipinski definition) is 1. The highest BCUT2D eigenvalue weighted by atomic mass is 19.1. The van der Waals surface area contributed by atoms with Gasteiger partial charge in [-0.2, -0.15) is 0 Å². The molecular weight excluding hydrogens is 222 g/mol. The first kappa shape index (κ1) is 12.0. The van der Waals surface area contributed by atoms with Gasteiger partial charge in [0.15, 0.2) is 11.6 Å². The van der Waals surface area contributed by atoms with Crippen molar-refractivity contribution in [1.82, 2.24) is 0 Å². The second kappa shape index (κ2) is 5.25. The van der Waals surface area contributed by atoms with Gasteiger partial charge in [-0.05, 0) is 25.0 Å². The zero-order chi connectivity index (χ0) is 12.3. The molecule has 1 fully saturated rings. The van der Waals surface area contributed by atoms with E-state index in [1.54, 1.807) is 0 Å². The first-order valence-electron chi connectivity index (χ1n) is 5.96. The van der Waals surface area contributed by atoms with Crippen molar-refractivity contribution in [2.75, 3.05) is 0 Å². The van der Waals surface area contributed by atoms with Crippen LogP contribution in [0.5, 0.6) is 0 Å². The molecule has 0 heterocycles. The third kappa shape index (κ3) is 2.81. The van der Waals surface area contributed by atoms with Crippen LogP contribution in [-0.2, 0) is 0 Å². The van der Waals surface area contributed by atoms with E-state index in [0.717, 1.165) is 25.7 Å². The van der Waals surface area contributed by atoms with Crippen LogP contribution in [0.3, 0.4) is 0 Å². The smallest absolute Gasteiger partial charge is 0.151 e. The number of aliphatic imine (C=N–C) groups is 1. The Morgan fingerprint density at radius 3 is 2.29 bits per heavy atom. The Morgan fingerprint density at radius 1 is 1.12 bits per heavy atom. The molecule has 1 saturated carbocycles. The van der Waals surface area contributed by atoms with E-state index in [9.17, 15) is 8.78 Å². The SMILES string of the molecule is NC(=Nc1c(F)cccc1F)C1CCCCC1. The van der Waals surface area contributed by atoms with Crippen LogP contribution in [0.1, 0.15) is 32.1 Å². The zero-order valence-corrected chi connectivity index (χ0v) is 9.63. The number of nitrogens with two attached hydrogens (primary N) is 1. The van der Waals surface area contributed by atoms with Gasteiger partial charge in [0.05, 0.1) is 0 Å². The number of halogens is 2. The summed E-state index contributed by atoms with van der Waals surface area (Å²) in [6.45, 7) is 0. The van der Waals surface area contributed by atoms with Gasteiger partial charge < -0.3 is 5.73 Å². The number of nitrogens with zero attached hydrogens (tertiary/aromatic N) is 1. The summed E-state index contributed by atoms with van der Waals surface area (Å²) in [6, 6.07) is 3.70. The third-order valence-corrected chi connectivity index (χ3v) is 3.20. The average molecular weight is 238 g/mol. The van der Waals surface area contributed by atoms with Crippen molar-refractivity contribution in [2.24, 2.45) is 16.6 Å². The van der Waals surface area contributed by atoms with E-state index in [0.29, 0.717) is 5.84 Å². The standard InChI is InChI=1S/C13H16F2N2/c14-10-7-4-8-11(15)12(10)17-13(16)9-5-2-1-3-6-9/h4,7-9H,1-3,5-6H2,(H2,16,17). The minimum absolute atomic E-state index is 0.169. The fraction of sp³-hybridized carbons (Fsp3) is 0.462. The molecule has 0 bridgehead atoms. The monoisotopic (exact) mass is 238 g/mol. The van der Waals surface area contributed by atoms with Gasteiger partial charge in [0, 0.05) is 5.92 Å². The summed E-state index contributed by atoms with van der Waals surface area (Å²) in [5, 5.41) is 0. The highest BCUT2D eigenvalue weighted by molar-refractivity contribution is 5.85. The number of rotatable bonds is 2. The molecule has 0 saturated heterocycles. The number of para-hydroxylation sites is 1. The second-order valence-corrected chi connectivity index (χ2v) is 4.44. The maximum Gasteiger partial charge on any atom is 0.151 e. The lowest BCUT2D eigenvalue weighted by molar-refractivity contribution is 0.437. The molecule has 1 aromatic rings. The van der Waals surface area contributed by atoms with E-state index >= 15 is 0 Å². The van der Waals surface area contributed by atoms with Crippen LogP contribution in [0.4, 0.5) is 14.5 Å². The molecule has 17 heavy (non-hydrogen) atoms.